The van der Waals surface area contributed by atoms with Gasteiger partial charge < -0.3 is 5.73 Å². The van der Waals surface area contributed by atoms with Crippen molar-refractivity contribution in [3.8, 4) is 11.3 Å². The van der Waals surface area contributed by atoms with Gasteiger partial charge in [-0.15, -0.1) is 0 Å². The lowest BCUT2D eigenvalue weighted by Gasteiger charge is -2.09. The number of benzene rings is 2. The maximum Gasteiger partial charge on any atom is 0.416 e. The van der Waals surface area contributed by atoms with E-state index in [0.717, 1.165) is 29.5 Å². The molecular formula is C17H9ClF4N2OS. The second kappa shape index (κ2) is 6.69. The first-order valence-electron chi connectivity index (χ1n) is 7.11. The fourth-order valence-corrected chi connectivity index (χ4v) is 3.41. The maximum atomic E-state index is 14.0. The normalized spacial score (nSPS) is 11.6. The molecular weight excluding hydrogens is 392 g/mol. The SMILES string of the molecule is Nc1nc(-c2cccc(C(F)(F)F)c2)c(C(=O)c2c(F)cccc2Cl)s1. The summed E-state index contributed by atoms with van der Waals surface area (Å²) in [4.78, 5) is 16.6. The molecule has 2 aromatic carbocycles. The average Bonchev–Trinajstić information content (AvgIpc) is 2.96. The van der Waals surface area contributed by atoms with E-state index in [1.807, 2.05) is 0 Å². The van der Waals surface area contributed by atoms with E-state index in [0.29, 0.717) is 0 Å². The third kappa shape index (κ3) is 3.42. The quantitative estimate of drug-likeness (QED) is 0.471. The Hall–Kier alpha value is -2.45. The van der Waals surface area contributed by atoms with Crippen LogP contribution < -0.4 is 5.73 Å². The molecule has 26 heavy (non-hydrogen) atoms. The molecule has 0 atom stereocenters. The van der Waals surface area contributed by atoms with E-state index in [2.05, 4.69) is 4.98 Å². The summed E-state index contributed by atoms with van der Waals surface area (Å²) >= 11 is 6.66. The highest BCUT2D eigenvalue weighted by molar-refractivity contribution is 7.18. The van der Waals surface area contributed by atoms with E-state index >= 15 is 0 Å². The third-order valence-corrected chi connectivity index (χ3v) is 4.70. The lowest BCUT2D eigenvalue weighted by Crippen LogP contribution is -2.06. The summed E-state index contributed by atoms with van der Waals surface area (Å²) in [7, 11) is 0. The first kappa shape index (κ1) is 18.3. The Morgan fingerprint density at radius 3 is 2.50 bits per heavy atom. The molecule has 0 radical (unpaired) electrons. The van der Waals surface area contributed by atoms with Crippen molar-refractivity contribution in [3.63, 3.8) is 0 Å². The van der Waals surface area contributed by atoms with Crippen molar-refractivity contribution in [2.45, 2.75) is 6.18 Å². The number of nitrogens with zero attached hydrogens (tertiary/aromatic N) is 1. The third-order valence-electron chi connectivity index (χ3n) is 3.50. The average molecular weight is 401 g/mol. The predicted octanol–water partition coefficient (Wildman–Crippen LogP) is 5.43. The lowest BCUT2D eigenvalue weighted by molar-refractivity contribution is -0.137. The van der Waals surface area contributed by atoms with Crippen molar-refractivity contribution in [2.24, 2.45) is 0 Å². The number of hydrogen-bond donors (Lipinski definition) is 1. The van der Waals surface area contributed by atoms with Gasteiger partial charge in [-0.2, -0.15) is 13.2 Å². The number of ketones is 1. The standard InChI is InChI=1S/C17H9ClF4N2OS/c18-10-5-2-6-11(19)12(10)14(25)15-13(24-16(23)26-15)8-3-1-4-9(7-8)17(20,21)22/h1-7H,(H2,23,24). The van der Waals surface area contributed by atoms with Crippen molar-refractivity contribution in [1.82, 2.24) is 4.98 Å². The number of alkyl halides is 3. The summed E-state index contributed by atoms with van der Waals surface area (Å²) in [5, 5.41) is -0.148. The van der Waals surface area contributed by atoms with Crippen molar-refractivity contribution < 1.29 is 22.4 Å². The van der Waals surface area contributed by atoms with Gasteiger partial charge in [0.05, 0.1) is 21.8 Å². The Balaban J connectivity index is 2.15. The van der Waals surface area contributed by atoms with Gasteiger partial charge >= 0.3 is 6.18 Å². The first-order chi connectivity index (χ1) is 12.2. The number of halogens is 5. The minimum Gasteiger partial charge on any atom is -0.375 e. The van der Waals surface area contributed by atoms with E-state index in [4.69, 9.17) is 17.3 Å². The molecule has 0 fully saturated rings. The van der Waals surface area contributed by atoms with Gasteiger partial charge in [-0.05, 0) is 24.3 Å². The second-order valence-corrected chi connectivity index (χ2v) is 6.67. The monoisotopic (exact) mass is 400 g/mol. The van der Waals surface area contributed by atoms with Gasteiger partial charge in [0.15, 0.2) is 5.13 Å². The van der Waals surface area contributed by atoms with Crippen LogP contribution in [-0.4, -0.2) is 10.8 Å². The molecule has 0 aliphatic heterocycles. The Morgan fingerprint density at radius 1 is 1.15 bits per heavy atom. The molecule has 0 saturated carbocycles. The fourth-order valence-electron chi connectivity index (χ4n) is 2.36. The van der Waals surface area contributed by atoms with Crippen molar-refractivity contribution in [2.75, 3.05) is 5.73 Å². The number of nitrogens with two attached hydrogens (primary N) is 1. The molecule has 0 unspecified atom stereocenters. The van der Waals surface area contributed by atoms with Gasteiger partial charge in [-0.3, -0.25) is 4.79 Å². The number of thiazole rings is 1. The second-order valence-electron chi connectivity index (χ2n) is 5.23. The number of rotatable bonds is 3. The summed E-state index contributed by atoms with van der Waals surface area (Å²) in [6.45, 7) is 0. The summed E-state index contributed by atoms with van der Waals surface area (Å²) in [5.74, 6) is -1.64. The number of nitrogen functional groups attached to an aromatic ring is 1. The van der Waals surface area contributed by atoms with Gasteiger partial charge in [0.2, 0.25) is 5.78 Å². The highest BCUT2D eigenvalue weighted by Crippen LogP contribution is 2.36. The smallest absolute Gasteiger partial charge is 0.375 e. The zero-order valence-corrected chi connectivity index (χ0v) is 14.3. The summed E-state index contributed by atoms with van der Waals surface area (Å²) in [5.41, 5.74) is 4.35. The predicted molar refractivity (Wildman–Crippen MR) is 91.8 cm³/mol. The van der Waals surface area contributed by atoms with E-state index in [1.165, 1.54) is 24.3 Å². The topological polar surface area (TPSA) is 56.0 Å². The molecule has 0 aliphatic carbocycles. The number of carbonyl (C=O) groups is 1. The Labute approximate surface area is 154 Å². The van der Waals surface area contributed by atoms with Gasteiger partial charge in [0, 0.05) is 5.56 Å². The zero-order chi connectivity index (χ0) is 19.1. The molecule has 0 aliphatic rings. The van der Waals surface area contributed by atoms with Gasteiger partial charge in [0.25, 0.3) is 0 Å². The molecule has 3 rings (SSSR count). The van der Waals surface area contributed by atoms with Gasteiger partial charge in [-0.25, -0.2) is 9.37 Å². The summed E-state index contributed by atoms with van der Waals surface area (Å²) in [6, 6.07) is 8.05. The van der Waals surface area contributed by atoms with Crippen LogP contribution in [0, 0.1) is 5.82 Å². The van der Waals surface area contributed by atoms with Crippen LogP contribution in [0.15, 0.2) is 42.5 Å². The minimum atomic E-state index is -4.56. The van der Waals surface area contributed by atoms with E-state index in [9.17, 15) is 22.4 Å². The number of carbonyl (C=O) groups excluding carboxylic acids is 1. The van der Waals surface area contributed by atoms with Crippen molar-refractivity contribution in [3.05, 3.63) is 69.3 Å². The maximum absolute atomic E-state index is 14.0. The van der Waals surface area contributed by atoms with Gasteiger partial charge in [-0.1, -0.05) is 41.1 Å². The molecule has 9 heteroatoms. The van der Waals surface area contributed by atoms with Crippen LogP contribution in [0.5, 0.6) is 0 Å². The summed E-state index contributed by atoms with van der Waals surface area (Å²) < 4.78 is 52.9. The molecule has 1 heterocycles. The Morgan fingerprint density at radius 2 is 1.85 bits per heavy atom. The van der Waals surface area contributed by atoms with Crippen LogP contribution in [0.4, 0.5) is 22.7 Å². The Kier molecular flexibility index (Phi) is 4.72. The molecule has 134 valence electrons. The van der Waals surface area contributed by atoms with Crippen LogP contribution in [0.3, 0.4) is 0 Å². The summed E-state index contributed by atoms with van der Waals surface area (Å²) in [6.07, 6.45) is -4.56. The molecule has 3 nitrogen and oxygen atoms in total. The molecule has 0 spiro atoms. The highest BCUT2D eigenvalue weighted by Gasteiger charge is 2.31. The van der Waals surface area contributed by atoms with Crippen molar-refractivity contribution >= 4 is 33.9 Å². The first-order valence-corrected chi connectivity index (χ1v) is 8.30. The number of aromatic nitrogens is 1. The molecule has 3 aromatic rings. The molecule has 0 saturated heterocycles. The zero-order valence-electron chi connectivity index (χ0n) is 12.8. The minimum absolute atomic E-state index is 0.0341. The van der Waals surface area contributed by atoms with Crippen molar-refractivity contribution in [1.29, 1.82) is 0 Å². The van der Waals surface area contributed by atoms with E-state index in [1.54, 1.807) is 0 Å². The van der Waals surface area contributed by atoms with E-state index in [-0.39, 0.29) is 31.9 Å². The largest absolute Gasteiger partial charge is 0.416 e. The lowest BCUT2D eigenvalue weighted by atomic mass is 10.0. The van der Waals surface area contributed by atoms with Crippen LogP contribution in [0.25, 0.3) is 11.3 Å². The molecule has 0 amide bonds. The van der Waals surface area contributed by atoms with E-state index < -0.39 is 23.3 Å². The fraction of sp³-hybridized carbons (Fsp3) is 0.0588. The number of anilines is 1. The Bertz CT molecular complexity index is 980. The van der Waals surface area contributed by atoms with Crippen LogP contribution in [-0.2, 0) is 6.18 Å². The molecule has 2 N–H and O–H groups in total. The van der Waals surface area contributed by atoms with Crippen LogP contribution >= 0.6 is 22.9 Å². The molecule has 1 aromatic heterocycles. The van der Waals surface area contributed by atoms with Gasteiger partial charge in [0.1, 0.15) is 10.7 Å². The van der Waals surface area contributed by atoms with Crippen LogP contribution in [0.1, 0.15) is 20.8 Å². The van der Waals surface area contributed by atoms with Crippen LogP contribution in [0.2, 0.25) is 5.02 Å². The number of hydrogen-bond acceptors (Lipinski definition) is 4. The highest BCUT2D eigenvalue weighted by atomic mass is 35.5. The molecule has 0 bridgehead atoms.